The van der Waals surface area contributed by atoms with E-state index in [1.165, 1.54) is 64.5 Å². The second-order valence-electron chi connectivity index (χ2n) is 8.47. The van der Waals surface area contributed by atoms with Crippen LogP contribution in [0.5, 0.6) is 0 Å². The number of piperidine rings is 1. The number of aryl methyl sites for hydroxylation is 2. The van der Waals surface area contributed by atoms with Crippen LogP contribution in [-0.2, 0) is 11.2 Å². The molecular weight excluding hydrogens is 368 g/mol. The van der Waals surface area contributed by atoms with Crippen molar-refractivity contribution >= 4 is 17.7 Å². The fourth-order valence-corrected chi connectivity index (χ4v) is 5.39. The van der Waals surface area contributed by atoms with E-state index in [1.54, 1.807) is 11.8 Å². The number of thioether (sulfide) groups is 1. The van der Waals surface area contributed by atoms with Crippen molar-refractivity contribution in [1.82, 2.24) is 20.2 Å². The van der Waals surface area contributed by atoms with Crippen molar-refractivity contribution in [3.05, 3.63) is 17.0 Å². The van der Waals surface area contributed by atoms with Crippen LogP contribution in [-0.4, -0.2) is 52.2 Å². The second-order valence-corrected chi connectivity index (χ2v) is 9.24. The van der Waals surface area contributed by atoms with E-state index in [-0.39, 0.29) is 11.4 Å². The molecule has 2 aliphatic rings. The Morgan fingerprint density at radius 2 is 1.64 bits per heavy atom. The molecule has 6 heteroatoms. The molecule has 0 unspecified atom stereocenters. The third-order valence-electron chi connectivity index (χ3n) is 6.61. The van der Waals surface area contributed by atoms with E-state index >= 15 is 0 Å². The van der Waals surface area contributed by atoms with Gasteiger partial charge in [0.25, 0.3) is 0 Å². The summed E-state index contributed by atoms with van der Waals surface area (Å²) in [6, 6.07) is 0. The van der Waals surface area contributed by atoms with Gasteiger partial charge in [0.05, 0.1) is 0 Å². The molecule has 1 saturated carbocycles. The van der Waals surface area contributed by atoms with Crippen LogP contribution in [0, 0.1) is 13.8 Å². The van der Waals surface area contributed by atoms with E-state index in [2.05, 4.69) is 20.2 Å². The maximum Gasteiger partial charge on any atom is 0.220 e. The van der Waals surface area contributed by atoms with E-state index in [0.29, 0.717) is 6.42 Å². The van der Waals surface area contributed by atoms with E-state index < -0.39 is 0 Å². The number of amides is 1. The number of hydrogen-bond acceptors (Lipinski definition) is 5. The first kappa shape index (κ1) is 21.6. The molecule has 1 amide bonds. The molecule has 3 rings (SSSR count). The maximum atomic E-state index is 12.7. The third kappa shape index (κ3) is 5.26. The molecule has 156 valence electrons. The first-order valence-electron chi connectivity index (χ1n) is 10.9. The van der Waals surface area contributed by atoms with Crippen LogP contribution in [0.25, 0.3) is 0 Å². The number of hydrogen-bond donors (Lipinski definition) is 1. The predicted molar refractivity (Wildman–Crippen MR) is 116 cm³/mol. The van der Waals surface area contributed by atoms with Crippen molar-refractivity contribution < 1.29 is 4.79 Å². The zero-order valence-corrected chi connectivity index (χ0v) is 18.7. The summed E-state index contributed by atoms with van der Waals surface area (Å²) in [6.07, 6.45) is 13.6. The number of nitrogens with zero attached hydrogens (tertiary/aromatic N) is 3. The number of carbonyl (C=O) groups is 1. The molecule has 1 N–H and O–H groups in total. The summed E-state index contributed by atoms with van der Waals surface area (Å²) in [6.45, 7) is 7.26. The van der Waals surface area contributed by atoms with Gasteiger partial charge in [-0.05, 0) is 70.9 Å². The SMILES string of the molecule is CSc1nc(C)c(CCC(=O)NCC2(N3CCCCC3)CCCCC2)c(C)n1. The first-order chi connectivity index (χ1) is 13.5. The van der Waals surface area contributed by atoms with E-state index in [1.807, 2.05) is 20.1 Å². The van der Waals surface area contributed by atoms with Gasteiger partial charge in [0.1, 0.15) is 0 Å². The zero-order chi connectivity index (χ0) is 20.0. The Hall–Kier alpha value is -1.14. The molecular formula is C22H36N4OS. The highest BCUT2D eigenvalue weighted by molar-refractivity contribution is 7.98. The molecule has 1 aliphatic heterocycles. The molecule has 2 fully saturated rings. The van der Waals surface area contributed by atoms with Crippen LogP contribution < -0.4 is 5.32 Å². The highest BCUT2D eigenvalue weighted by atomic mass is 32.2. The highest BCUT2D eigenvalue weighted by Gasteiger charge is 2.38. The standard InChI is InChI=1S/C22H36N4OS/c1-17-19(18(2)25-21(24-17)28-3)10-11-20(27)23-16-22(12-6-4-7-13-22)26-14-8-5-9-15-26/h4-16H2,1-3H3,(H,23,27). The lowest BCUT2D eigenvalue weighted by molar-refractivity contribution is -0.122. The minimum atomic E-state index is 0.162. The maximum absolute atomic E-state index is 12.7. The summed E-state index contributed by atoms with van der Waals surface area (Å²) >= 11 is 1.56. The topological polar surface area (TPSA) is 58.1 Å². The molecule has 5 nitrogen and oxygen atoms in total. The summed E-state index contributed by atoms with van der Waals surface area (Å²) in [5.41, 5.74) is 3.32. The molecule has 0 spiro atoms. The van der Waals surface area contributed by atoms with Crippen LogP contribution in [0.3, 0.4) is 0 Å². The van der Waals surface area contributed by atoms with Crippen LogP contribution in [0.2, 0.25) is 0 Å². The molecule has 1 aliphatic carbocycles. The zero-order valence-electron chi connectivity index (χ0n) is 17.9. The number of carbonyl (C=O) groups excluding carboxylic acids is 1. The summed E-state index contributed by atoms with van der Waals surface area (Å²) in [7, 11) is 0. The van der Waals surface area contributed by atoms with Crippen LogP contribution in [0.1, 0.15) is 74.7 Å². The van der Waals surface area contributed by atoms with E-state index in [0.717, 1.165) is 35.1 Å². The van der Waals surface area contributed by atoms with E-state index in [9.17, 15) is 4.79 Å². The number of rotatable bonds is 7. The molecule has 28 heavy (non-hydrogen) atoms. The first-order valence-corrected chi connectivity index (χ1v) is 12.2. The largest absolute Gasteiger partial charge is 0.354 e. The predicted octanol–water partition coefficient (Wildman–Crippen LogP) is 4.05. The average Bonchev–Trinajstić information content (AvgIpc) is 2.73. The Labute approximate surface area is 174 Å². The highest BCUT2D eigenvalue weighted by Crippen LogP contribution is 2.35. The van der Waals surface area contributed by atoms with Crippen LogP contribution >= 0.6 is 11.8 Å². The second kappa shape index (κ2) is 10.1. The fraction of sp³-hybridized carbons (Fsp3) is 0.773. The molecule has 0 aromatic carbocycles. The van der Waals surface area contributed by atoms with Crippen molar-refractivity contribution in [3.63, 3.8) is 0 Å². The quantitative estimate of drug-likeness (QED) is 0.549. The Kier molecular flexibility index (Phi) is 7.75. The molecule has 0 bridgehead atoms. The Bertz CT molecular complexity index is 643. The smallest absolute Gasteiger partial charge is 0.220 e. The monoisotopic (exact) mass is 404 g/mol. The van der Waals surface area contributed by atoms with Gasteiger partial charge in [0.15, 0.2) is 5.16 Å². The van der Waals surface area contributed by atoms with Crippen molar-refractivity contribution in [2.75, 3.05) is 25.9 Å². The Morgan fingerprint density at radius 3 is 2.25 bits per heavy atom. The Balaban J connectivity index is 1.56. The lowest BCUT2D eigenvalue weighted by Gasteiger charge is -2.48. The molecule has 2 heterocycles. The minimum absolute atomic E-state index is 0.162. The molecule has 0 atom stereocenters. The van der Waals surface area contributed by atoms with E-state index in [4.69, 9.17) is 0 Å². The van der Waals surface area contributed by atoms with Gasteiger partial charge in [-0.15, -0.1) is 0 Å². The molecule has 1 saturated heterocycles. The van der Waals surface area contributed by atoms with Gasteiger partial charge in [-0.3, -0.25) is 9.69 Å². The van der Waals surface area contributed by atoms with Gasteiger partial charge >= 0.3 is 0 Å². The lowest BCUT2D eigenvalue weighted by Crippen LogP contribution is -2.58. The van der Waals surface area contributed by atoms with Gasteiger partial charge in [0, 0.05) is 29.9 Å². The summed E-state index contributed by atoms with van der Waals surface area (Å²) in [5, 5.41) is 4.11. The molecule has 1 aromatic heterocycles. The van der Waals surface area contributed by atoms with Crippen molar-refractivity contribution in [3.8, 4) is 0 Å². The van der Waals surface area contributed by atoms with Crippen LogP contribution in [0.4, 0.5) is 0 Å². The average molecular weight is 405 g/mol. The van der Waals surface area contributed by atoms with Crippen molar-refractivity contribution in [2.24, 2.45) is 0 Å². The van der Waals surface area contributed by atoms with Gasteiger partial charge in [0.2, 0.25) is 5.91 Å². The number of likely N-dealkylation sites (tertiary alicyclic amines) is 1. The molecule has 1 aromatic rings. The number of nitrogens with one attached hydrogen (secondary N) is 1. The number of aromatic nitrogens is 2. The lowest BCUT2D eigenvalue weighted by atomic mass is 9.79. The van der Waals surface area contributed by atoms with Crippen LogP contribution in [0.15, 0.2) is 5.16 Å². The van der Waals surface area contributed by atoms with Crippen molar-refractivity contribution in [2.45, 2.75) is 88.8 Å². The third-order valence-corrected chi connectivity index (χ3v) is 7.16. The molecule has 0 radical (unpaired) electrons. The van der Waals surface area contributed by atoms with Gasteiger partial charge < -0.3 is 5.32 Å². The summed E-state index contributed by atoms with van der Waals surface area (Å²) < 4.78 is 0. The normalized spacial score (nSPS) is 20.1. The summed E-state index contributed by atoms with van der Waals surface area (Å²) in [4.78, 5) is 24.4. The summed E-state index contributed by atoms with van der Waals surface area (Å²) in [5.74, 6) is 0.162. The van der Waals surface area contributed by atoms with Crippen molar-refractivity contribution in [1.29, 1.82) is 0 Å². The van der Waals surface area contributed by atoms with Gasteiger partial charge in [-0.25, -0.2) is 9.97 Å². The van der Waals surface area contributed by atoms with Gasteiger partial charge in [-0.1, -0.05) is 37.4 Å². The fourth-order valence-electron chi connectivity index (χ4n) is 4.93. The Morgan fingerprint density at radius 1 is 1.04 bits per heavy atom. The minimum Gasteiger partial charge on any atom is -0.354 e. The van der Waals surface area contributed by atoms with Gasteiger partial charge in [-0.2, -0.15) is 0 Å².